The molecule has 0 saturated heterocycles. The normalized spacial score (nSPS) is 9.42. The number of ether oxygens (including phenoxy) is 1. The van der Waals surface area contributed by atoms with Gasteiger partial charge in [0.2, 0.25) is 0 Å². The van der Waals surface area contributed by atoms with Crippen molar-refractivity contribution in [2.45, 2.75) is 12.8 Å². The van der Waals surface area contributed by atoms with Gasteiger partial charge in [0.25, 0.3) is 0 Å². The number of aryl methyl sites for hydroxylation is 1. The van der Waals surface area contributed by atoms with E-state index in [9.17, 15) is 4.79 Å². The summed E-state index contributed by atoms with van der Waals surface area (Å²) in [6, 6.07) is 0. The number of carbonyl (C=O) groups excluding carboxylic acids is 1. The summed E-state index contributed by atoms with van der Waals surface area (Å²) in [5.41, 5.74) is 0.808. The van der Waals surface area contributed by atoms with Gasteiger partial charge in [0.15, 0.2) is 0 Å². The third kappa shape index (κ3) is 2.65. The average molecular weight is 166 g/mol. The molecule has 0 atom stereocenters. The summed E-state index contributed by atoms with van der Waals surface area (Å²) in [6.45, 7) is 0. The van der Waals surface area contributed by atoms with E-state index in [1.165, 1.54) is 7.11 Å². The lowest BCUT2D eigenvalue weighted by Crippen LogP contribution is -2.02. The van der Waals surface area contributed by atoms with Crippen molar-refractivity contribution in [2.24, 2.45) is 0 Å². The molecule has 0 amide bonds. The number of carbonyl (C=O) groups is 1. The molecule has 1 heterocycles. The molecule has 0 spiro atoms. The SMILES string of the molecule is COC(=O)CCc1cnccn1. The van der Waals surface area contributed by atoms with Gasteiger partial charge in [-0.3, -0.25) is 14.8 Å². The Morgan fingerprint density at radius 2 is 2.42 bits per heavy atom. The van der Waals surface area contributed by atoms with Gasteiger partial charge in [0.1, 0.15) is 0 Å². The van der Waals surface area contributed by atoms with E-state index in [4.69, 9.17) is 0 Å². The number of esters is 1. The number of methoxy groups -OCH3 is 1. The Hall–Kier alpha value is -1.45. The third-order valence-corrected chi connectivity index (χ3v) is 1.43. The average Bonchev–Trinajstić information content (AvgIpc) is 2.16. The van der Waals surface area contributed by atoms with Crippen molar-refractivity contribution in [2.75, 3.05) is 7.11 Å². The highest BCUT2D eigenvalue weighted by Gasteiger charge is 2.01. The molecule has 0 radical (unpaired) electrons. The van der Waals surface area contributed by atoms with Gasteiger partial charge in [0.05, 0.1) is 19.2 Å². The summed E-state index contributed by atoms with van der Waals surface area (Å²) in [6.07, 6.45) is 5.78. The van der Waals surface area contributed by atoms with Crippen molar-refractivity contribution in [3.05, 3.63) is 24.3 Å². The summed E-state index contributed by atoms with van der Waals surface area (Å²) in [5.74, 6) is -0.222. The predicted octanol–water partition coefficient (Wildman–Crippen LogP) is 0.582. The van der Waals surface area contributed by atoms with Crippen molar-refractivity contribution in [3.8, 4) is 0 Å². The van der Waals surface area contributed by atoms with Crippen LogP contribution in [0.1, 0.15) is 12.1 Å². The first-order valence-electron chi connectivity index (χ1n) is 3.64. The Morgan fingerprint density at radius 3 is 3.00 bits per heavy atom. The van der Waals surface area contributed by atoms with E-state index >= 15 is 0 Å². The van der Waals surface area contributed by atoms with E-state index in [1.54, 1.807) is 18.6 Å². The van der Waals surface area contributed by atoms with Crippen LogP contribution in [0.25, 0.3) is 0 Å². The largest absolute Gasteiger partial charge is 0.469 e. The maximum absolute atomic E-state index is 10.7. The predicted molar refractivity (Wildman–Crippen MR) is 42.4 cm³/mol. The Kier molecular flexibility index (Phi) is 3.19. The van der Waals surface area contributed by atoms with Crippen LogP contribution in [0, 0.1) is 0 Å². The van der Waals surface area contributed by atoms with Crippen molar-refractivity contribution < 1.29 is 9.53 Å². The van der Waals surface area contributed by atoms with Gasteiger partial charge in [-0.1, -0.05) is 0 Å². The Labute approximate surface area is 70.6 Å². The third-order valence-electron chi connectivity index (χ3n) is 1.43. The van der Waals surface area contributed by atoms with Gasteiger partial charge in [-0.05, 0) is 0 Å². The Balaban J connectivity index is 2.38. The Morgan fingerprint density at radius 1 is 1.58 bits per heavy atom. The first-order valence-corrected chi connectivity index (χ1v) is 3.64. The molecular weight excluding hydrogens is 156 g/mol. The van der Waals surface area contributed by atoms with Crippen molar-refractivity contribution in [1.29, 1.82) is 0 Å². The van der Waals surface area contributed by atoms with E-state index in [2.05, 4.69) is 14.7 Å². The van der Waals surface area contributed by atoms with E-state index < -0.39 is 0 Å². The number of hydrogen-bond donors (Lipinski definition) is 0. The van der Waals surface area contributed by atoms with E-state index in [-0.39, 0.29) is 5.97 Å². The highest BCUT2D eigenvalue weighted by Crippen LogP contribution is 1.96. The fourth-order valence-corrected chi connectivity index (χ4v) is 0.791. The van der Waals surface area contributed by atoms with E-state index in [0.29, 0.717) is 12.8 Å². The van der Waals surface area contributed by atoms with Gasteiger partial charge in [-0.15, -0.1) is 0 Å². The van der Waals surface area contributed by atoms with Gasteiger partial charge in [-0.2, -0.15) is 0 Å². The topological polar surface area (TPSA) is 52.1 Å². The molecule has 0 unspecified atom stereocenters. The number of hydrogen-bond acceptors (Lipinski definition) is 4. The Bertz CT molecular complexity index is 248. The molecule has 0 aliphatic rings. The summed E-state index contributed by atoms with van der Waals surface area (Å²) in [5, 5.41) is 0. The van der Waals surface area contributed by atoms with Gasteiger partial charge < -0.3 is 4.74 Å². The molecule has 1 aromatic rings. The van der Waals surface area contributed by atoms with Crippen molar-refractivity contribution in [3.63, 3.8) is 0 Å². The molecule has 1 aromatic heterocycles. The zero-order valence-electron chi connectivity index (χ0n) is 6.86. The van der Waals surface area contributed by atoms with Crippen LogP contribution in [0.15, 0.2) is 18.6 Å². The van der Waals surface area contributed by atoms with Crippen LogP contribution in [0.5, 0.6) is 0 Å². The minimum Gasteiger partial charge on any atom is -0.469 e. The molecule has 4 heteroatoms. The molecule has 64 valence electrons. The monoisotopic (exact) mass is 166 g/mol. The first-order chi connectivity index (χ1) is 5.83. The quantitative estimate of drug-likeness (QED) is 0.616. The standard InChI is InChI=1S/C8H10N2O2/c1-12-8(11)3-2-7-6-9-4-5-10-7/h4-6H,2-3H2,1H3. The second-order valence-corrected chi connectivity index (χ2v) is 2.27. The van der Waals surface area contributed by atoms with Crippen LogP contribution in [0.4, 0.5) is 0 Å². The molecule has 0 fully saturated rings. The molecule has 0 aliphatic heterocycles. The zero-order valence-corrected chi connectivity index (χ0v) is 6.86. The summed E-state index contributed by atoms with van der Waals surface area (Å²) in [4.78, 5) is 18.6. The van der Waals surface area contributed by atoms with Gasteiger partial charge in [0, 0.05) is 25.0 Å². The molecule has 4 nitrogen and oxygen atoms in total. The first kappa shape index (κ1) is 8.64. The lowest BCUT2D eigenvalue weighted by Gasteiger charge is -1.97. The summed E-state index contributed by atoms with van der Waals surface area (Å²) >= 11 is 0. The van der Waals surface area contributed by atoms with Crippen LogP contribution in [-0.4, -0.2) is 23.0 Å². The van der Waals surface area contributed by atoms with Crippen LogP contribution in [0.3, 0.4) is 0 Å². The number of nitrogens with zero attached hydrogens (tertiary/aromatic N) is 2. The highest BCUT2D eigenvalue weighted by atomic mass is 16.5. The molecule has 0 N–H and O–H groups in total. The van der Waals surface area contributed by atoms with Crippen molar-refractivity contribution in [1.82, 2.24) is 9.97 Å². The molecule has 0 bridgehead atoms. The van der Waals surface area contributed by atoms with Crippen LogP contribution in [-0.2, 0) is 16.0 Å². The molecule has 0 aliphatic carbocycles. The molecule has 1 rings (SSSR count). The summed E-state index contributed by atoms with van der Waals surface area (Å²) < 4.78 is 4.48. The molecular formula is C8H10N2O2. The van der Waals surface area contributed by atoms with Gasteiger partial charge in [-0.25, -0.2) is 0 Å². The van der Waals surface area contributed by atoms with Crippen molar-refractivity contribution >= 4 is 5.97 Å². The molecule has 12 heavy (non-hydrogen) atoms. The number of aromatic nitrogens is 2. The highest BCUT2D eigenvalue weighted by molar-refractivity contribution is 5.69. The second kappa shape index (κ2) is 4.43. The lowest BCUT2D eigenvalue weighted by molar-refractivity contribution is -0.140. The minimum atomic E-state index is -0.222. The zero-order chi connectivity index (χ0) is 8.81. The number of rotatable bonds is 3. The molecule has 0 aromatic carbocycles. The fraction of sp³-hybridized carbons (Fsp3) is 0.375. The molecule has 0 saturated carbocycles. The van der Waals surface area contributed by atoms with Crippen LogP contribution < -0.4 is 0 Å². The van der Waals surface area contributed by atoms with Crippen LogP contribution >= 0.6 is 0 Å². The minimum absolute atomic E-state index is 0.222. The van der Waals surface area contributed by atoms with Crippen LogP contribution in [0.2, 0.25) is 0 Å². The maximum atomic E-state index is 10.7. The summed E-state index contributed by atoms with van der Waals surface area (Å²) in [7, 11) is 1.37. The van der Waals surface area contributed by atoms with E-state index in [1.807, 2.05) is 0 Å². The maximum Gasteiger partial charge on any atom is 0.305 e. The smallest absolute Gasteiger partial charge is 0.305 e. The lowest BCUT2D eigenvalue weighted by atomic mass is 10.2. The van der Waals surface area contributed by atoms with Gasteiger partial charge >= 0.3 is 5.97 Å². The fourth-order valence-electron chi connectivity index (χ4n) is 0.791. The van der Waals surface area contributed by atoms with E-state index in [0.717, 1.165) is 5.69 Å². The second-order valence-electron chi connectivity index (χ2n) is 2.27.